The summed E-state index contributed by atoms with van der Waals surface area (Å²) in [6.45, 7) is 4.96. The van der Waals surface area contributed by atoms with Crippen LogP contribution in [0.25, 0.3) is 0 Å². The zero-order valence-electron chi connectivity index (χ0n) is 11.9. The molecule has 0 amide bonds. The summed E-state index contributed by atoms with van der Waals surface area (Å²) in [5.74, 6) is 0.563. The summed E-state index contributed by atoms with van der Waals surface area (Å²) in [5, 5.41) is 3.88. The Kier molecular flexibility index (Phi) is 4.29. The molecule has 1 aromatic rings. The smallest absolute Gasteiger partial charge is 0.146 e. The summed E-state index contributed by atoms with van der Waals surface area (Å²) in [6.07, 6.45) is 3.79. The minimum Gasteiger partial charge on any atom is -0.312 e. The largest absolute Gasteiger partial charge is 0.312 e. The van der Waals surface area contributed by atoms with E-state index < -0.39 is 0 Å². The van der Waals surface area contributed by atoms with Gasteiger partial charge >= 0.3 is 0 Å². The van der Waals surface area contributed by atoms with Gasteiger partial charge < -0.3 is 5.32 Å². The van der Waals surface area contributed by atoms with Crippen LogP contribution in [0.1, 0.15) is 31.7 Å². The number of hydrogen-bond donors (Lipinski definition) is 1. The van der Waals surface area contributed by atoms with E-state index in [-0.39, 0.29) is 10.8 Å². The molecule has 1 N–H and O–H groups in total. The van der Waals surface area contributed by atoms with Crippen molar-refractivity contribution in [1.82, 2.24) is 10.2 Å². The van der Waals surface area contributed by atoms with E-state index in [9.17, 15) is 4.39 Å². The molecule has 2 nitrogen and oxygen atoms in total. The molecule has 0 spiro atoms. The Morgan fingerprint density at radius 3 is 2.90 bits per heavy atom. The number of halogens is 2. The molecule has 1 saturated carbocycles. The predicted molar refractivity (Wildman–Crippen MR) is 80.4 cm³/mol. The normalized spacial score (nSPS) is 28.4. The Morgan fingerprint density at radius 2 is 2.15 bits per heavy atom. The van der Waals surface area contributed by atoms with Crippen LogP contribution in [-0.2, 0) is 6.54 Å². The lowest BCUT2D eigenvalue weighted by atomic mass is 10.1. The van der Waals surface area contributed by atoms with Gasteiger partial charge in [-0.05, 0) is 44.7 Å². The van der Waals surface area contributed by atoms with E-state index in [2.05, 4.69) is 17.1 Å². The SMILES string of the molecule is CC1CCNC(C2CC2)CN1Cc1cccc(Cl)c1F. The molecule has 0 bridgehead atoms. The van der Waals surface area contributed by atoms with Crippen molar-refractivity contribution in [2.24, 2.45) is 5.92 Å². The molecule has 4 heteroatoms. The molecule has 1 aromatic carbocycles. The maximum atomic E-state index is 14.1. The molecular formula is C16H22ClFN2. The number of benzene rings is 1. The predicted octanol–water partition coefficient (Wildman–Crippen LogP) is 3.44. The highest BCUT2D eigenvalue weighted by Crippen LogP contribution is 2.34. The van der Waals surface area contributed by atoms with Gasteiger partial charge in [-0.2, -0.15) is 0 Å². The van der Waals surface area contributed by atoms with Crippen LogP contribution in [0, 0.1) is 11.7 Å². The highest BCUT2D eigenvalue weighted by atomic mass is 35.5. The average Bonchev–Trinajstić information content (AvgIpc) is 3.25. The molecule has 2 aliphatic rings. The molecule has 1 aliphatic heterocycles. The van der Waals surface area contributed by atoms with Crippen LogP contribution in [-0.4, -0.2) is 30.1 Å². The first-order chi connectivity index (χ1) is 9.65. The minimum absolute atomic E-state index is 0.224. The maximum absolute atomic E-state index is 14.1. The summed E-state index contributed by atoms with van der Waals surface area (Å²) in [6, 6.07) is 6.34. The third kappa shape index (κ3) is 3.16. The first-order valence-corrected chi connectivity index (χ1v) is 7.93. The molecule has 1 heterocycles. The van der Waals surface area contributed by atoms with Gasteiger partial charge in [-0.1, -0.05) is 23.7 Å². The van der Waals surface area contributed by atoms with Crippen LogP contribution in [0.15, 0.2) is 18.2 Å². The lowest BCUT2D eigenvalue weighted by molar-refractivity contribution is 0.188. The van der Waals surface area contributed by atoms with Crippen LogP contribution in [0.5, 0.6) is 0 Å². The third-order valence-electron chi connectivity index (χ3n) is 4.62. The number of hydrogen-bond acceptors (Lipinski definition) is 2. The van der Waals surface area contributed by atoms with Gasteiger partial charge in [0.1, 0.15) is 5.82 Å². The number of nitrogens with one attached hydrogen (secondary N) is 1. The summed E-state index contributed by atoms with van der Waals surface area (Å²) < 4.78 is 14.1. The second kappa shape index (κ2) is 6.00. The van der Waals surface area contributed by atoms with Crippen molar-refractivity contribution >= 4 is 11.6 Å². The monoisotopic (exact) mass is 296 g/mol. The Balaban J connectivity index is 1.74. The van der Waals surface area contributed by atoms with Gasteiger partial charge in [0.2, 0.25) is 0 Å². The maximum Gasteiger partial charge on any atom is 0.146 e. The van der Waals surface area contributed by atoms with Gasteiger partial charge in [0.15, 0.2) is 0 Å². The van der Waals surface area contributed by atoms with Crippen LogP contribution in [0.3, 0.4) is 0 Å². The second-order valence-corrected chi connectivity index (χ2v) is 6.59. The Hall–Kier alpha value is -0.640. The highest BCUT2D eigenvalue weighted by Gasteiger charge is 2.34. The number of rotatable bonds is 3. The molecule has 0 aromatic heterocycles. The van der Waals surface area contributed by atoms with Gasteiger partial charge in [-0.15, -0.1) is 0 Å². The van der Waals surface area contributed by atoms with Crippen molar-refractivity contribution in [1.29, 1.82) is 0 Å². The quantitative estimate of drug-likeness (QED) is 0.919. The van der Waals surface area contributed by atoms with Gasteiger partial charge in [0, 0.05) is 30.7 Å². The molecule has 2 unspecified atom stereocenters. The van der Waals surface area contributed by atoms with Crippen molar-refractivity contribution in [3.8, 4) is 0 Å². The molecular weight excluding hydrogens is 275 g/mol. The number of nitrogens with zero attached hydrogens (tertiary/aromatic N) is 1. The molecule has 20 heavy (non-hydrogen) atoms. The highest BCUT2D eigenvalue weighted by molar-refractivity contribution is 6.30. The molecule has 110 valence electrons. The third-order valence-corrected chi connectivity index (χ3v) is 4.91. The van der Waals surface area contributed by atoms with E-state index in [4.69, 9.17) is 11.6 Å². The van der Waals surface area contributed by atoms with Gasteiger partial charge in [-0.25, -0.2) is 4.39 Å². The van der Waals surface area contributed by atoms with Crippen molar-refractivity contribution in [3.63, 3.8) is 0 Å². The van der Waals surface area contributed by atoms with Crippen LogP contribution in [0.2, 0.25) is 5.02 Å². The molecule has 1 saturated heterocycles. The van der Waals surface area contributed by atoms with Crippen molar-refractivity contribution in [3.05, 3.63) is 34.6 Å². The van der Waals surface area contributed by atoms with Crippen molar-refractivity contribution in [2.75, 3.05) is 13.1 Å². The topological polar surface area (TPSA) is 15.3 Å². The van der Waals surface area contributed by atoms with Gasteiger partial charge in [0.25, 0.3) is 0 Å². The first kappa shape index (κ1) is 14.3. The van der Waals surface area contributed by atoms with Crippen LogP contribution in [0.4, 0.5) is 4.39 Å². The van der Waals surface area contributed by atoms with Gasteiger partial charge in [-0.3, -0.25) is 4.90 Å². The van der Waals surface area contributed by atoms with Crippen LogP contribution >= 0.6 is 11.6 Å². The fraction of sp³-hybridized carbons (Fsp3) is 0.625. The van der Waals surface area contributed by atoms with E-state index in [1.54, 1.807) is 6.07 Å². The standard InChI is InChI=1S/C16H22ClFN2/c1-11-7-8-19-15(12-5-6-12)10-20(11)9-13-3-2-4-14(17)16(13)18/h2-4,11-12,15,19H,5-10H2,1H3. The Labute approximate surface area is 125 Å². The van der Waals surface area contributed by atoms with Crippen molar-refractivity contribution in [2.45, 2.75) is 44.8 Å². The van der Waals surface area contributed by atoms with E-state index in [0.717, 1.165) is 25.4 Å². The fourth-order valence-corrected chi connectivity index (χ4v) is 3.28. The molecule has 3 rings (SSSR count). The Morgan fingerprint density at radius 1 is 1.35 bits per heavy atom. The lowest BCUT2D eigenvalue weighted by Crippen LogP contribution is -2.41. The van der Waals surface area contributed by atoms with E-state index in [0.29, 0.717) is 24.2 Å². The second-order valence-electron chi connectivity index (χ2n) is 6.18. The lowest BCUT2D eigenvalue weighted by Gasteiger charge is -2.29. The summed E-state index contributed by atoms with van der Waals surface area (Å²) in [7, 11) is 0. The van der Waals surface area contributed by atoms with Crippen LogP contribution < -0.4 is 5.32 Å². The zero-order chi connectivity index (χ0) is 14.1. The summed E-state index contributed by atoms with van der Waals surface area (Å²) in [5.41, 5.74) is 0.709. The molecule has 2 atom stereocenters. The zero-order valence-corrected chi connectivity index (χ0v) is 12.7. The first-order valence-electron chi connectivity index (χ1n) is 7.55. The van der Waals surface area contributed by atoms with E-state index in [1.165, 1.54) is 12.8 Å². The van der Waals surface area contributed by atoms with E-state index >= 15 is 0 Å². The fourth-order valence-electron chi connectivity index (χ4n) is 3.08. The summed E-state index contributed by atoms with van der Waals surface area (Å²) in [4.78, 5) is 2.40. The minimum atomic E-state index is -0.262. The Bertz CT molecular complexity index is 476. The molecule has 0 radical (unpaired) electrons. The molecule has 1 aliphatic carbocycles. The van der Waals surface area contributed by atoms with E-state index in [1.807, 2.05) is 12.1 Å². The summed E-state index contributed by atoms with van der Waals surface area (Å²) >= 11 is 5.88. The average molecular weight is 297 g/mol. The molecule has 2 fully saturated rings. The van der Waals surface area contributed by atoms with Gasteiger partial charge in [0.05, 0.1) is 5.02 Å². The van der Waals surface area contributed by atoms with Crippen molar-refractivity contribution < 1.29 is 4.39 Å².